The number of nitrogens with one attached hydrogen (secondary N) is 1. The van der Waals surface area contributed by atoms with E-state index in [1.54, 1.807) is 13.8 Å². The van der Waals surface area contributed by atoms with Gasteiger partial charge in [-0.1, -0.05) is 18.3 Å². The van der Waals surface area contributed by atoms with E-state index in [4.69, 9.17) is 18.0 Å². The number of amides is 1. The van der Waals surface area contributed by atoms with Gasteiger partial charge in [0.2, 0.25) is 5.91 Å². The van der Waals surface area contributed by atoms with Crippen LogP contribution in [0.4, 0.5) is 5.69 Å². The summed E-state index contributed by atoms with van der Waals surface area (Å²) in [6.45, 7) is 3.41. The summed E-state index contributed by atoms with van der Waals surface area (Å²) in [5.74, 6) is -0.193. The summed E-state index contributed by atoms with van der Waals surface area (Å²) < 4.78 is 1.06. The summed E-state index contributed by atoms with van der Waals surface area (Å²) in [5, 5.41) is 2.79. The maximum atomic E-state index is 11.9. The molecule has 0 aromatic heterocycles. The first kappa shape index (κ1) is 13.4. The fourth-order valence-corrected chi connectivity index (χ4v) is 1.60. The number of anilines is 1. The number of rotatable bonds is 3. The van der Waals surface area contributed by atoms with Crippen molar-refractivity contribution in [3.8, 4) is 0 Å². The van der Waals surface area contributed by atoms with E-state index in [1.165, 1.54) is 0 Å². The Bertz CT molecular complexity index is 432. The average molecular weight is 348 g/mol. The van der Waals surface area contributed by atoms with Crippen LogP contribution in [0.15, 0.2) is 24.3 Å². The third-order valence-electron chi connectivity index (χ3n) is 2.27. The number of benzene rings is 1. The molecule has 0 aliphatic carbocycles. The molecule has 0 unspecified atom stereocenters. The second kappa shape index (κ2) is 5.09. The highest BCUT2D eigenvalue weighted by atomic mass is 127. The summed E-state index contributed by atoms with van der Waals surface area (Å²) in [5.41, 5.74) is 5.44. The fourth-order valence-electron chi connectivity index (χ4n) is 0.965. The molecule has 0 heterocycles. The molecule has 0 spiro atoms. The molecule has 3 nitrogen and oxygen atoms in total. The number of hydrogen-bond donors (Lipinski definition) is 2. The van der Waals surface area contributed by atoms with E-state index in [0.717, 1.165) is 9.26 Å². The molecule has 1 aromatic rings. The highest BCUT2D eigenvalue weighted by Crippen LogP contribution is 2.20. The number of carbonyl (C=O) groups excluding carboxylic acids is 1. The Morgan fingerprint density at radius 3 is 2.62 bits per heavy atom. The van der Waals surface area contributed by atoms with Crippen molar-refractivity contribution in [2.45, 2.75) is 13.8 Å². The highest BCUT2D eigenvalue weighted by molar-refractivity contribution is 14.1. The van der Waals surface area contributed by atoms with E-state index < -0.39 is 5.41 Å². The van der Waals surface area contributed by atoms with Crippen LogP contribution >= 0.6 is 34.8 Å². The lowest BCUT2D eigenvalue weighted by molar-refractivity contribution is -0.121. The van der Waals surface area contributed by atoms with Crippen molar-refractivity contribution >= 4 is 51.4 Å². The first-order chi connectivity index (χ1) is 7.34. The van der Waals surface area contributed by atoms with Crippen LogP contribution in [0.5, 0.6) is 0 Å². The van der Waals surface area contributed by atoms with Gasteiger partial charge in [0, 0.05) is 9.26 Å². The minimum absolute atomic E-state index is 0.190. The molecule has 5 heteroatoms. The second-order valence-electron chi connectivity index (χ2n) is 3.95. The lowest BCUT2D eigenvalue weighted by Gasteiger charge is -2.21. The average Bonchev–Trinajstić information content (AvgIpc) is 2.17. The minimum atomic E-state index is -0.837. The van der Waals surface area contributed by atoms with Crippen molar-refractivity contribution in [1.29, 1.82) is 0 Å². The summed E-state index contributed by atoms with van der Waals surface area (Å²) in [6, 6.07) is 7.55. The molecule has 0 radical (unpaired) electrons. The summed E-state index contributed by atoms with van der Waals surface area (Å²) in [6.07, 6.45) is 0. The quantitative estimate of drug-likeness (QED) is 0.652. The fraction of sp³-hybridized carbons (Fsp3) is 0.273. The smallest absolute Gasteiger partial charge is 0.236 e. The zero-order valence-corrected chi connectivity index (χ0v) is 12.1. The van der Waals surface area contributed by atoms with Crippen LogP contribution in [0.2, 0.25) is 0 Å². The van der Waals surface area contributed by atoms with Crippen LogP contribution < -0.4 is 11.1 Å². The molecule has 0 aliphatic heterocycles. The molecular weight excluding hydrogens is 335 g/mol. The summed E-state index contributed by atoms with van der Waals surface area (Å²) >= 11 is 7.05. The van der Waals surface area contributed by atoms with Crippen LogP contribution in [-0.4, -0.2) is 10.9 Å². The topological polar surface area (TPSA) is 55.1 Å². The lowest BCUT2D eigenvalue weighted by atomic mass is 9.92. The number of nitrogens with two attached hydrogens (primary N) is 1. The molecule has 86 valence electrons. The molecule has 1 aromatic carbocycles. The van der Waals surface area contributed by atoms with Crippen molar-refractivity contribution in [1.82, 2.24) is 0 Å². The first-order valence-electron chi connectivity index (χ1n) is 4.71. The van der Waals surface area contributed by atoms with Gasteiger partial charge in [0.15, 0.2) is 0 Å². The number of halogens is 1. The molecule has 1 amide bonds. The molecular formula is C11H13IN2OS. The van der Waals surface area contributed by atoms with Gasteiger partial charge in [-0.3, -0.25) is 4.79 Å². The Labute approximate surface area is 114 Å². The standard InChI is InChI=1S/C11H13IN2OS/c1-11(2,9(13)16)10(15)14-8-5-3-4-7(12)6-8/h3-6H,1-2H3,(H2,13,16)(H,14,15). The largest absolute Gasteiger partial charge is 0.392 e. The zero-order chi connectivity index (χ0) is 12.3. The predicted molar refractivity (Wildman–Crippen MR) is 78.4 cm³/mol. The van der Waals surface area contributed by atoms with Gasteiger partial charge in [-0.2, -0.15) is 0 Å². The van der Waals surface area contributed by atoms with Crippen LogP contribution in [0.1, 0.15) is 13.8 Å². The Balaban J connectivity index is 2.83. The van der Waals surface area contributed by atoms with Gasteiger partial charge in [-0.05, 0) is 54.6 Å². The van der Waals surface area contributed by atoms with Crippen molar-refractivity contribution < 1.29 is 4.79 Å². The maximum Gasteiger partial charge on any atom is 0.236 e. The van der Waals surface area contributed by atoms with Gasteiger partial charge >= 0.3 is 0 Å². The minimum Gasteiger partial charge on any atom is -0.392 e. The lowest BCUT2D eigenvalue weighted by Crippen LogP contribution is -2.41. The molecule has 0 fully saturated rings. The van der Waals surface area contributed by atoms with Crippen LogP contribution in [0, 0.1) is 8.99 Å². The zero-order valence-electron chi connectivity index (χ0n) is 9.08. The van der Waals surface area contributed by atoms with Gasteiger partial charge in [0.05, 0.1) is 10.4 Å². The molecule has 0 saturated carbocycles. The molecule has 3 N–H and O–H groups in total. The molecule has 1 rings (SSSR count). The number of thiocarbonyl (C=S) groups is 1. The van der Waals surface area contributed by atoms with Crippen molar-refractivity contribution in [2.24, 2.45) is 11.1 Å². The summed E-state index contributed by atoms with van der Waals surface area (Å²) in [7, 11) is 0. The van der Waals surface area contributed by atoms with Gasteiger partial charge in [-0.15, -0.1) is 0 Å². The third-order valence-corrected chi connectivity index (χ3v) is 3.45. The van der Waals surface area contributed by atoms with Gasteiger partial charge in [0.25, 0.3) is 0 Å². The van der Waals surface area contributed by atoms with E-state index in [2.05, 4.69) is 27.9 Å². The van der Waals surface area contributed by atoms with Crippen molar-refractivity contribution in [3.05, 3.63) is 27.8 Å². The monoisotopic (exact) mass is 348 g/mol. The normalized spacial score (nSPS) is 10.9. The van der Waals surface area contributed by atoms with Crippen LogP contribution in [0.25, 0.3) is 0 Å². The van der Waals surface area contributed by atoms with E-state index >= 15 is 0 Å². The van der Waals surface area contributed by atoms with Gasteiger partial charge in [0.1, 0.15) is 0 Å². The molecule has 0 aliphatic rings. The Morgan fingerprint density at radius 2 is 2.12 bits per heavy atom. The Hall–Kier alpha value is -0.690. The molecule has 16 heavy (non-hydrogen) atoms. The second-order valence-corrected chi connectivity index (χ2v) is 5.64. The van der Waals surface area contributed by atoms with Crippen LogP contribution in [0.3, 0.4) is 0 Å². The highest BCUT2D eigenvalue weighted by Gasteiger charge is 2.30. The molecule has 0 saturated heterocycles. The van der Waals surface area contributed by atoms with Crippen molar-refractivity contribution in [3.63, 3.8) is 0 Å². The van der Waals surface area contributed by atoms with Crippen LogP contribution in [-0.2, 0) is 4.79 Å². The predicted octanol–water partition coefficient (Wildman–Crippen LogP) is 2.54. The number of carbonyl (C=O) groups is 1. The van der Waals surface area contributed by atoms with E-state index in [0.29, 0.717) is 0 Å². The summed E-state index contributed by atoms with van der Waals surface area (Å²) in [4.78, 5) is 12.1. The molecule has 0 atom stereocenters. The van der Waals surface area contributed by atoms with Crippen molar-refractivity contribution in [2.75, 3.05) is 5.32 Å². The molecule has 0 bridgehead atoms. The maximum absolute atomic E-state index is 11.9. The van der Waals surface area contributed by atoms with Gasteiger partial charge in [-0.25, -0.2) is 0 Å². The van der Waals surface area contributed by atoms with E-state index in [-0.39, 0.29) is 10.9 Å². The third kappa shape index (κ3) is 3.15. The first-order valence-corrected chi connectivity index (χ1v) is 6.19. The van der Waals surface area contributed by atoms with E-state index in [9.17, 15) is 4.79 Å². The number of hydrogen-bond acceptors (Lipinski definition) is 2. The van der Waals surface area contributed by atoms with Gasteiger partial charge < -0.3 is 11.1 Å². The SMILES string of the molecule is CC(C)(C(=O)Nc1cccc(I)c1)C(N)=S. The Morgan fingerprint density at radius 1 is 1.50 bits per heavy atom. The van der Waals surface area contributed by atoms with E-state index in [1.807, 2.05) is 24.3 Å². The Kier molecular flexibility index (Phi) is 4.26.